The van der Waals surface area contributed by atoms with Gasteiger partial charge in [-0.05, 0) is 67.1 Å². The zero-order chi connectivity index (χ0) is 33.0. The zero-order valence-corrected chi connectivity index (χ0v) is 25.2. The summed E-state index contributed by atoms with van der Waals surface area (Å²) in [4.78, 5) is 44.9. The third kappa shape index (κ3) is 5.44. The molecule has 0 unspecified atom stereocenters. The first-order valence-corrected chi connectivity index (χ1v) is 14.9. The minimum Gasteiger partial charge on any atom is -0.478 e. The molecule has 6 rings (SSSR count). The molecule has 1 fully saturated rings. The van der Waals surface area contributed by atoms with E-state index in [4.69, 9.17) is 11.6 Å². The molecule has 0 aliphatic heterocycles. The van der Waals surface area contributed by atoms with Crippen LogP contribution in [0.15, 0.2) is 60.9 Å². The highest BCUT2D eigenvalue weighted by molar-refractivity contribution is 6.34. The maximum Gasteiger partial charge on any atom is 0.398 e. The number of aromatic nitrogens is 3. The Bertz CT molecular complexity index is 1870. The number of carbonyl (C=O) groups excluding carboxylic acids is 2. The van der Waals surface area contributed by atoms with Crippen LogP contribution in [0.4, 0.5) is 17.6 Å². The van der Waals surface area contributed by atoms with Crippen molar-refractivity contribution in [3.63, 3.8) is 0 Å². The second-order valence-electron chi connectivity index (χ2n) is 11.7. The molecule has 2 aliphatic carbocycles. The Balaban J connectivity index is 1.44. The van der Waals surface area contributed by atoms with Gasteiger partial charge in [0.15, 0.2) is 0 Å². The van der Waals surface area contributed by atoms with Gasteiger partial charge in [-0.25, -0.2) is 9.18 Å². The molecule has 1 saturated carbocycles. The molecule has 2 aromatic carbocycles. The molecule has 46 heavy (non-hydrogen) atoms. The van der Waals surface area contributed by atoms with Crippen molar-refractivity contribution in [3.05, 3.63) is 105 Å². The summed E-state index contributed by atoms with van der Waals surface area (Å²) >= 11 is 6.42. The Labute approximate surface area is 265 Å². The van der Waals surface area contributed by atoms with Gasteiger partial charge < -0.3 is 10.0 Å². The van der Waals surface area contributed by atoms with E-state index in [9.17, 15) is 32.7 Å². The SMILES string of the molecule is CN(Cc1cccnc1)C(=O)[C@H]1CCc2c(-c3ccc(C(=O)O)cc3F)nn(C(=O)c3c(Cl)cccc3C3(C(F)(F)F)CC3)c2C1. The van der Waals surface area contributed by atoms with E-state index in [-0.39, 0.29) is 76.8 Å². The molecule has 1 atom stereocenters. The van der Waals surface area contributed by atoms with E-state index in [2.05, 4.69) is 10.1 Å². The molecule has 1 N–H and O–H groups in total. The number of carboxylic acids is 1. The fraction of sp³-hybridized carbons (Fsp3) is 0.303. The van der Waals surface area contributed by atoms with Crippen molar-refractivity contribution in [1.82, 2.24) is 19.7 Å². The summed E-state index contributed by atoms with van der Waals surface area (Å²) in [6, 6.07) is 10.8. The number of carbonyl (C=O) groups is 3. The lowest BCUT2D eigenvalue weighted by atomic mass is 9.84. The van der Waals surface area contributed by atoms with Crippen LogP contribution < -0.4 is 0 Å². The normalized spacial score (nSPS) is 16.9. The molecule has 2 aliphatic rings. The molecule has 13 heteroatoms. The number of alkyl halides is 3. The Morgan fingerprint density at radius 2 is 1.89 bits per heavy atom. The molecule has 238 valence electrons. The van der Waals surface area contributed by atoms with Crippen molar-refractivity contribution in [2.45, 2.75) is 50.2 Å². The predicted molar refractivity (Wildman–Crippen MR) is 159 cm³/mol. The van der Waals surface area contributed by atoms with E-state index in [1.807, 2.05) is 6.07 Å². The molecule has 0 spiro atoms. The van der Waals surface area contributed by atoms with Gasteiger partial charge in [0.25, 0.3) is 5.91 Å². The van der Waals surface area contributed by atoms with Crippen LogP contribution in [0.5, 0.6) is 0 Å². The minimum absolute atomic E-state index is 0.00329. The highest BCUT2D eigenvalue weighted by atomic mass is 35.5. The Morgan fingerprint density at radius 3 is 2.52 bits per heavy atom. The van der Waals surface area contributed by atoms with Gasteiger partial charge in [-0.15, -0.1) is 0 Å². The van der Waals surface area contributed by atoms with E-state index in [1.165, 1.54) is 35.2 Å². The maximum absolute atomic E-state index is 15.3. The van der Waals surface area contributed by atoms with Crippen LogP contribution >= 0.6 is 11.6 Å². The summed E-state index contributed by atoms with van der Waals surface area (Å²) in [5.41, 5.74) is -1.69. The van der Waals surface area contributed by atoms with Gasteiger partial charge in [0.2, 0.25) is 5.91 Å². The minimum atomic E-state index is -4.63. The average molecular weight is 655 g/mol. The molecule has 8 nitrogen and oxygen atoms in total. The number of halogens is 5. The molecule has 4 aromatic rings. The summed E-state index contributed by atoms with van der Waals surface area (Å²) in [5, 5.41) is 13.5. The van der Waals surface area contributed by atoms with E-state index in [0.29, 0.717) is 12.0 Å². The second kappa shape index (κ2) is 11.7. The van der Waals surface area contributed by atoms with Crippen LogP contribution in [0, 0.1) is 11.7 Å². The highest BCUT2D eigenvalue weighted by Gasteiger charge is 2.65. The number of amides is 1. The number of hydrogen-bond acceptors (Lipinski definition) is 5. The van der Waals surface area contributed by atoms with Crippen LogP contribution in [-0.2, 0) is 29.6 Å². The second-order valence-corrected chi connectivity index (χ2v) is 12.1. The highest BCUT2D eigenvalue weighted by Crippen LogP contribution is 2.60. The topological polar surface area (TPSA) is 105 Å². The lowest BCUT2D eigenvalue weighted by Gasteiger charge is -2.27. The third-order valence-electron chi connectivity index (χ3n) is 8.84. The van der Waals surface area contributed by atoms with Gasteiger partial charge >= 0.3 is 12.1 Å². The monoisotopic (exact) mass is 654 g/mol. The molecule has 0 saturated heterocycles. The van der Waals surface area contributed by atoms with E-state index in [1.54, 1.807) is 25.5 Å². The van der Waals surface area contributed by atoms with Crippen LogP contribution in [0.2, 0.25) is 5.02 Å². The summed E-state index contributed by atoms with van der Waals surface area (Å²) < 4.78 is 59.0. The lowest BCUT2D eigenvalue weighted by molar-refractivity contribution is -0.160. The number of nitrogens with zero attached hydrogens (tertiary/aromatic N) is 4. The van der Waals surface area contributed by atoms with Crippen molar-refractivity contribution in [2.75, 3.05) is 7.05 Å². The van der Waals surface area contributed by atoms with Crippen LogP contribution in [-0.4, -0.2) is 55.8 Å². The first kappa shape index (κ1) is 31.4. The Hall–Kier alpha value is -4.58. The fourth-order valence-corrected chi connectivity index (χ4v) is 6.53. The molecule has 1 amide bonds. The quantitative estimate of drug-likeness (QED) is 0.229. The largest absolute Gasteiger partial charge is 0.478 e. The first-order valence-electron chi connectivity index (χ1n) is 14.5. The summed E-state index contributed by atoms with van der Waals surface area (Å²) in [7, 11) is 1.64. The fourth-order valence-electron chi connectivity index (χ4n) is 6.28. The lowest BCUT2D eigenvalue weighted by Crippen LogP contribution is -2.36. The van der Waals surface area contributed by atoms with Gasteiger partial charge in [-0.1, -0.05) is 29.8 Å². The van der Waals surface area contributed by atoms with Crippen LogP contribution in [0.1, 0.15) is 62.4 Å². The Morgan fingerprint density at radius 1 is 1.13 bits per heavy atom. The number of rotatable bonds is 7. The maximum atomic E-state index is 15.3. The molecule has 0 radical (unpaired) electrons. The Kier molecular flexibility index (Phi) is 7.95. The van der Waals surface area contributed by atoms with Crippen molar-refractivity contribution >= 4 is 29.4 Å². The number of carboxylic acid groups (broad SMARTS) is 1. The zero-order valence-electron chi connectivity index (χ0n) is 24.4. The van der Waals surface area contributed by atoms with Gasteiger partial charge in [-0.3, -0.25) is 14.6 Å². The van der Waals surface area contributed by atoms with Gasteiger partial charge in [0.05, 0.1) is 33.0 Å². The molecule has 2 heterocycles. The number of hydrogen-bond donors (Lipinski definition) is 1. The van der Waals surface area contributed by atoms with Gasteiger partial charge in [-0.2, -0.15) is 23.0 Å². The van der Waals surface area contributed by atoms with Crippen LogP contribution in [0.25, 0.3) is 11.3 Å². The predicted octanol–water partition coefficient (Wildman–Crippen LogP) is 6.48. The summed E-state index contributed by atoms with van der Waals surface area (Å²) in [5.74, 6) is -4.00. The standard InChI is InChI=1S/C33H27ClF4N4O4/c1-41(17-18-4-3-13-39-16-18)29(43)19-7-10-22-26(15-19)42(40-28(22)21-9-8-20(31(45)46)14-25(21)35)30(44)27-23(5-2-6-24(27)34)32(11-12-32)33(36,37)38/h2-6,8-9,13-14,16,19H,7,10-12,15,17H2,1H3,(H,45,46)/t19-/m0/s1. The van der Waals surface area contributed by atoms with Gasteiger partial charge in [0.1, 0.15) is 5.82 Å². The number of pyridine rings is 1. The van der Waals surface area contributed by atoms with Crippen molar-refractivity contribution < 1.29 is 37.1 Å². The number of aromatic carboxylic acids is 1. The van der Waals surface area contributed by atoms with Crippen molar-refractivity contribution in [1.29, 1.82) is 0 Å². The molecular weight excluding hydrogens is 628 g/mol. The van der Waals surface area contributed by atoms with E-state index < -0.39 is 35.2 Å². The average Bonchev–Trinajstić information content (AvgIpc) is 3.77. The van der Waals surface area contributed by atoms with Crippen molar-refractivity contribution in [2.24, 2.45) is 5.92 Å². The van der Waals surface area contributed by atoms with Crippen LogP contribution in [0.3, 0.4) is 0 Å². The first-order chi connectivity index (χ1) is 21.8. The van der Waals surface area contributed by atoms with E-state index >= 15 is 4.39 Å². The third-order valence-corrected chi connectivity index (χ3v) is 9.15. The molecule has 0 bridgehead atoms. The number of benzene rings is 2. The van der Waals surface area contributed by atoms with E-state index in [0.717, 1.165) is 16.3 Å². The smallest absolute Gasteiger partial charge is 0.398 e. The summed E-state index contributed by atoms with van der Waals surface area (Å²) in [6.07, 6.45) is -1.25. The molecule has 2 aromatic heterocycles. The molecular formula is C33H27ClF4N4O4. The number of fused-ring (bicyclic) bond motifs is 1. The van der Waals surface area contributed by atoms with Gasteiger partial charge in [0, 0.05) is 49.5 Å². The van der Waals surface area contributed by atoms with Crippen molar-refractivity contribution in [3.8, 4) is 11.3 Å². The summed E-state index contributed by atoms with van der Waals surface area (Å²) in [6.45, 7) is 0.281.